The number of carboxylic acid groups (broad SMARTS) is 1. The van der Waals surface area contributed by atoms with Crippen LogP contribution in [-0.2, 0) is 14.3 Å². The van der Waals surface area contributed by atoms with Gasteiger partial charge in [0.1, 0.15) is 18.7 Å². The van der Waals surface area contributed by atoms with E-state index < -0.39 is 30.1 Å². The van der Waals surface area contributed by atoms with Crippen LogP contribution in [0, 0.1) is 5.92 Å². The molecular weight excluding hydrogens is 288 g/mol. The summed E-state index contributed by atoms with van der Waals surface area (Å²) in [5, 5.41) is 11.8. The van der Waals surface area contributed by atoms with Crippen LogP contribution in [0.4, 0.5) is 4.79 Å². The number of nitrogens with one attached hydrogen (secondary N) is 1. The number of carbonyl (C=O) groups is 3. The minimum Gasteiger partial charge on any atom is -0.480 e. The van der Waals surface area contributed by atoms with Crippen LogP contribution in [-0.4, -0.2) is 53.2 Å². The van der Waals surface area contributed by atoms with E-state index in [4.69, 9.17) is 4.74 Å². The third-order valence-electron chi connectivity index (χ3n) is 3.89. The number of ether oxygens (including phenoxy) is 1. The fraction of sp³-hybridized carbons (Fsp3) is 0.667. The van der Waals surface area contributed by atoms with Gasteiger partial charge in [0, 0.05) is 6.54 Å². The van der Waals surface area contributed by atoms with E-state index in [1.807, 2.05) is 6.92 Å². The van der Waals surface area contributed by atoms with Gasteiger partial charge in [0.25, 0.3) is 0 Å². The second-order valence-electron chi connectivity index (χ2n) is 5.43. The number of carbonyl (C=O) groups excluding carboxylic acids is 2. The first-order valence-corrected chi connectivity index (χ1v) is 7.49. The lowest BCUT2D eigenvalue weighted by Crippen LogP contribution is -2.52. The maximum atomic E-state index is 12.3. The number of aliphatic carboxylic acids is 1. The predicted molar refractivity (Wildman–Crippen MR) is 80.3 cm³/mol. The maximum Gasteiger partial charge on any atom is 0.410 e. The predicted octanol–water partition coefficient (Wildman–Crippen LogP) is 1.39. The molecule has 1 aliphatic heterocycles. The number of amides is 2. The Balaban J connectivity index is 2.71. The van der Waals surface area contributed by atoms with Crippen molar-refractivity contribution >= 4 is 18.0 Å². The Morgan fingerprint density at radius 2 is 2.18 bits per heavy atom. The summed E-state index contributed by atoms with van der Waals surface area (Å²) in [6.45, 7) is 7.59. The van der Waals surface area contributed by atoms with E-state index in [0.717, 1.165) is 0 Å². The van der Waals surface area contributed by atoms with Crippen LogP contribution in [0.25, 0.3) is 0 Å². The normalized spacial score (nSPS) is 20.1. The first-order chi connectivity index (χ1) is 10.4. The second kappa shape index (κ2) is 8.41. The van der Waals surface area contributed by atoms with E-state index in [9.17, 15) is 19.5 Å². The van der Waals surface area contributed by atoms with Crippen molar-refractivity contribution in [3.8, 4) is 0 Å². The Kier molecular flexibility index (Phi) is 6.88. The number of carboxylic acids is 1. The van der Waals surface area contributed by atoms with Crippen LogP contribution in [0.2, 0.25) is 0 Å². The van der Waals surface area contributed by atoms with Gasteiger partial charge in [-0.25, -0.2) is 9.59 Å². The van der Waals surface area contributed by atoms with E-state index in [1.165, 1.54) is 11.0 Å². The molecule has 0 spiro atoms. The van der Waals surface area contributed by atoms with Crippen molar-refractivity contribution in [3.63, 3.8) is 0 Å². The van der Waals surface area contributed by atoms with Crippen molar-refractivity contribution in [3.05, 3.63) is 12.7 Å². The molecule has 1 heterocycles. The molecule has 1 saturated heterocycles. The number of hydrogen-bond acceptors (Lipinski definition) is 4. The smallest absolute Gasteiger partial charge is 0.410 e. The molecule has 0 aromatic carbocycles. The van der Waals surface area contributed by atoms with E-state index in [0.29, 0.717) is 25.8 Å². The Labute approximate surface area is 130 Å². The van der Waals surface area contributed by atoms with Crippen LogP contribution in [0.5, 0.6) is 0 Å². The minimum atomic E-state index is -1.07. The van der Waals surface area contributed by atoms with Crippen molar-refractivity contribution in [2.75, 3.05) is 13.2 Å². The SMILES string of the molecule is C=CCOC(=O)N1CCC[C@H]1C(=O)N[C@H](C(=O)O)[C@@H](C)CC. The topological polar surface area (TPSA) is 95.9 Å². The molecule has 2 amide bonds. The molecule has 124 valence electrons. The molecule has 1 aliphatic rings. The highest BCUT2D eigenvalue weighted by Gasteiger charge is 2.37. The molecule has 0 saturated carbocycles. The fourth-order valence-electron chi connectivity index (χ4n) is 2.40. The molecule has 0 aliphatic carbocycles. The van der Waals surface area contributed by atoms with Gasteiger partial charge in [0.2, 0.25) is 5.91 Å². The van der Waals surface area contributed by atoms with Crippen molar-refractivity contribution in [1.82, 2.24) is 10.2 Å². The molecule has 0 aromatic heterocycles. The fourth-order valence-corrected chi connectivity index (χ4v) is 2.40. The summed E-state index contributed by atoms with van der Waals surface area (Å²) in [4.78, 5) is 36.8. The highest BCUT2D eigenvalue weighted by molar-refractivity contribution is 5.89. The maximum absolute atomic E-state index is 12.3. The third kappa shape index (κ3) is 4.47. The van der Waals surface area contributed by atoms with Gasteiger partial charge >= 0.3 is 12.1 Å². The van der Waals surface area contributed by atoms with Gasteiger partial charge < -0.3 is 15.2 Å². The Hall–Kier alpha value is -2.05. The zero-order valence-electron chi connectivity index (χ0n) is 13.1. The lowest BCUT2D eigenvalue weighted by Gasteiger charge is -2.26. The Morgan fingerprint density at radius 1 is 1.50 bits per heavy atom. The van der Waals surface area contributed by atoms with Crippen LogP contribution in [0.1, 0.15) is 33.1 Å². The molecule has 1 rings (SSSR count). The highest BCUT2D eigenvalue weighted by Crippen LogP contribution is 2.19. The molecule has 0 radical (unpaired) electrons. The Morgan fingerprint density at radius 3 is 2.73 bits per heavy atom. The molecular formula is C15H24N2O5. The van der Waals surface area contributed by atoms with Gasteiger partial charge in [-0.05, 0) is 18.8 Å². The molecule has 0 unspecified atom stereocenters. The van der Waals surface area contributed by atoms with E-state index in [-0.39, 0.29) is 12.5 Å². The standard InChI is InChI=1S/C15H24N2O5/c1-4-9-22-15(21)17-8-6-7-11(17)13(18)16-12(14(19)20)10(3)5-2/h4,10-12H,1,5-9H2,2-3H3,(H,16,18)(H,19,20)/t10-,11-,12-/m0/s1. The Bertz CT molecular complexity index is 438. The molecule has 22 heavy (non-hydrogen) atoms. The van der Waals surface area contributed by atoms with E-state index >= 15 is 0 Å². The molecule has 7 heteroatoms. The molecule has 1 fully saturated rings. The first kappa shape index (κ1) is 18.0. The molecule has 0 aromatic rings. The van der Waals surface area contributed by atoms with E-state index in [1.54, 1.807) is 6.92 Å². The highest BCUT2D eigenvalue weighted by atomic mass is 16.6. The van der Waals surface area contributed by atoms with Gasteiger partial charge in [-0.2, -0.15) is 0 Å². The summed E-state index contributed by atoms with van der Waals surface area (Å²) >= 11 is 0. The quantitative estimate of drug-likeness (QED) is 0.693. The summed E-state index contributed by atoms with van der Waals surface area (Å²) in [5.74, 6) is -1.70. The van der Waals surface area contributed by atoms with Gasteiger partial charge in [-0.15, -0.1) is 0 Å². The number of hydrogen-bond donors (Lipinski definition) is 2. The van der Waals surface area contributed by atoms with Gasteiger partial charge in [-0.1, -0.05) is 32.9 Å². The van der Waals surface area contributed by atoms with Crippen LogP contribution >= 0.6 is 0 Å². The number of likely N-dealkylation sites (tertiary alicyclic amines) is 1. The van der Waals surface area contributed by atoms with Gasteiger partial charge in [-0.3, -0.25) is 9.69 Å². The summed E-state index contributed by atoms with van der Waals surface area (Å²) in [7, 11) is 0. The third-order valence-corrected chi connectivity index (χ3v) is 3.89. The summed E-state index contributed by atoms with van der Waals surface area (Å²) in [6, 6.07) is -1.63. The van der Waals surface area contributed by atoms with Crippen LogP contribution in [0.15, 0.2) is 12.7 Å². The molecule has 7 nitrogen and oxygen atoms in total. The second-order valence-corrected chi connectivity index (χ2v) is 5.43. The number of rotatable bonds is 7. The molecule has 0 bridgehead atoms. The average molecular weight is 312 g/mol. The molecule has 2 N–H and O–H groups in total. The summed E-state index contributed by atoms with van der Waals surface area (Å²) < 4.78 is 4.95. The van der Waals surface area contributed by atoms with Crippen LogP contribution < -0.4 is 5.32 Å². The zero-order valence-corrected chi connectivity index (χ0v) is 13.1. The molecule has 3 atom stereocenters. The van der Waals surface area contributed by atoms with Crippen molar-refractivity contribution in [2.45, 2.75) is 45.2 Å². The first-order valence-electron chi connectivity index (χ1n) is 7.49. The summed E-state index contributed by atoms with van der Waals surface area (Å²) in [5.41, 5.74) is 0. The van der Waals surface area contributed by atoms with E-state index in [2.05, 4.69) is 11.9 Å². The summed E-state index contributed by atoms with van der Waals surface area (Å²) in [6.07, 6.45) is 2.69. The van der Waals surface area contributed by atoms with Crippen molar-refractivity contribution in [1.29, 1.82) is 0 Å². The largest absolute Gasteiger partial charge is 0.480 e. The number of nitrogens with zero attached hydrogens (tertiary/aromatic N) is 1. The van der Waals surface area contributed by atoms with Crippen LogP contribution in [0.3, 0.4) is 0 Å². The monoisotopic (exact) mass is 312 g/mol. The average Bonchev–Trinajstić information content (AvgIpc) is 2.98. The van der Waals surface area contributed by atoms with Gasteiger partial charge in [0.05, 0.1) is 0 Å². The zero-order chi connectivity index (χ0) is 16.7. The van der Waals surface area contributed by atoms with Crippen molar-refractivity contribution in [2.24, 2.45) is 5.92 Å². The lowest BCUT2D eigenvalue weighted by molar-refractivity contribution is -0.144. The minimum absolute atomic E-state index is 0.0777. The lowest BCUT2D eigenvalue weighted by atomic mass is 9.99. The van der Waals surface area contributed by atoms with Crippen molar-refractivity contribution < 1.29 is 24.2 Å². The van der Waals surface area contributed by atoms with Gasteiger partial charge in [0.15, 0.2) is 0 Å².